The van der Waals surface area contributed by atoms with Gasteiger partial charge in [-0.15, -0.1) is 9.32 Å². The molecule has 0 spiro atoms. The summed E-state index contributed by atoms with van der Waals surface area (Å²) in [6.45, 7) is 2.03. The Labute approximate surface area is 161 Å². The van der Waals surface area contributed by atoms with Crippen molar-refractivity contribution in [3.8, 4) is 16.9 Å². The topological polar surface area (TPSA) is 88.6 Å². The van der Waals surface area contributed by atoms with E-state index in [9.17, 15) is 4.79 Å². The smallest absolute Gasteiger partial charge is 0.311 e. The van der Waals surface area contributed by atoms with Gasteiger partial charge in [0.1, 0.15) is 0 Å². The summed E-state index contributed by atoms with van der Waals surface area (Å²) in [5.74, 6) is 4.52. The number of ether oxygens (including phenoxy) is 1. The molecule has 2 N–H and O–H groups in total. The normalized spacial score (nSPS) is 10.8. The van der Waals surface area contributed by atoms with Gasteiger partial charge in [-0.25, -0.2) is 4.68 Å². The molecule has 2 aromatic carbocycles. The van der Waals surface area contributed by atoms with Crippen LogP contribution in [0.1, 0.15) is 11.3 Å². The number of methoxy groups -OCH3 is 1. The van der Waals surface area contributed by atoms with Crippen molar-refractivity contribution in [2.24, 2.45) is 5.90 Å². The molecule has 7 nitrogen and oxygen atoms in total. The van der Waals surface area contributed by atoms with Gasteiger partial charge < -0.3 is 4.74 Å². The third-order valence-electron chi connectivity index (χ3n) is 3.91. The quantitative estimate of drug-likeness (QED) is 0.289. The second-order valence-corrected chi connectivity index (χ2v) is 6.57. The van der Waals surface area contributed by atoms with Crippen LogP contribution in [0.2, 0.25) is 0 Å². The van der Waals surface area contributed by atoms with E-state index in [0.717, 1.165) is 33.9 Å². The zero-order valence-corrected chi connectivity index (χ0v) is 15.7. The Kier molecular flexibility index (Phi) is 6.25. The first-order chi connectivity index (χ1) is 13.1. The second kappa shape index (κ2) is 8.83. The van der Waals surface area contributed by atoms with Gasteiger partial charge in [-0.1, -0.05) is 29.8 Å². The number of esters is 1. The SMILES string of the molecule is COC(=O)Cc1cc(-c2ccc(C)cc2)n(-c2ccc(SOON)cc2)n1. The minimum absolute atomic E-state index is 0.109. The van der Waals surface area contributed by atoms with E-state index in [1.807, 2.05) is 61.5 Å². The predicted molar refractivity (Wildman–Crippen MR) is 102 cm³/mol. The summed E-state index contributed by atoms with van der Waals surface area (Å²) < 4.78 is 11.2. The number of benzene rings is 2. The standard InChI is InChI=1S/C19H19N3O4S/c1-13-3-5-14(6-4-13)18-11-15(12-19(23)24-2)21-22(18)16-7-9-17(10-8-16)27-26-25-20/h3-11H,12,20H2,1-2H3. The molecule has 0 aliphatic rings. The minimum Gasteiger partial charge on any atom is -0.469 e. The van der Waals surface area contributed by atoms with Crippen LogP contribution in [-0.2, 0) is 25.3 Å². The molecule has 3 rings (SSSR count). The lowest BCUT2D eigenvalue weighted by Crippen LogP contribution is -2.06. The van der Waals surface area contributed by atoms with Gasteiger partial charge >= 0.3 is 5.97 Å². The molecule has 8 heteroatoms. The fraction of sp³-hybridized carbons (Fsp3) is 0.158. The van der Waals surface area contributed by atoms with Crippen molar-refractivity contribution in [3.63, 3.8) is 0 Å². The van der Waals surface area contributed by atoms with E-state index in [4.69, 9.17) is 10.6 Å². The van der Waals surface area contributed by atoms with Crippen molar-refractivity contribution in [2.45, 2.75) is 18.2 Å². The monoisotopic (exact) mass is 385 g/mol. The summed E-state index contributed by atoms with van der Waals surface area (Å²) in [4.78, 5) is 16.6. The van der Waals surface area contributed by atoms with Crippen LogP contribution in [-0.4, -0.2) is 22.9 Å². The summed E-state index contributed by atoms with van der Waals surface area (Å²) in [7, 11) is 1.36. The second-order valence-electron chi connectivity index (χ2n) is 5.79. The van der Waals surface area contributed by atoms with Crippen LogP contribution in [0.3, 0.4) is 0 Å². The fourth-order valence-electron chi connectivity index (χ4n) is 2.57. The molecule has 0 bridgehead atoms. The maximum absolute atomic E-state index is 11.7. The Balaban J connectivity index is 1.98. The number of hydrogen-bond acceptors (Lipinski definition) is 7. The third kappa shape index (κ3) is 4.75. The van der Waals surface area contributed by atoms with Gasteiger partial charge in [0.05, 0.1) is 42.6 Å². The maximum Gasteiger partial charge on any atom is 0.311 e. The van der Waals surface area contributed by atoms with Crippen LogP contribution in [0.15, 0.2) is 59.5 Å². The molecular weight excluding hydrogens is 366 g/mol. The molecule has 1 aromatic heterocycles. The summed E-state index contributed by atoms with van der Waals surface area (Å²) in [5.41, 5.74) is 4.54. The average molecular weight is 385 g/mol. The number of carbonyl (C=O) groups is 1. The van der Waals surface area contributed by atoms with Crippen molar-refractivity contribution in [1.29, 1.82) is 0 Å². The van der Waals surface area contributed by atoms with Gasteiger partial charge in [0.25, 0.3) is 0 Å². The number of nitrogens with two attached hydrogens (primary N) is 1. The highest BCUT2D eigenvalue weighted by Crippen LogP contribution is 2.26. The highest BCUT2D eigenvalue weighted by Gasteiger charge is 2.14. The number of nitrogens with zero attached hydrogens (tertiary/aromatic N) is 2. The maximum atomic E-state index is 11.7. The first-order valence-electron chi connectivity index (χ1n) is 8.14. The van der Waals surface area contributed by atoms with Crippen molar-refractivity contribution in [3.05, 3.63) is 65.9 Å². The molecule has 0 atom stereocenters. The summed E-state index contributed by atoms with van der Waals surface area (Å²) in [6, 6.07) is 17.6. The number of hydrogen-bond donors (Lipinski definition) is 1. The van der Waals surface area contributed by atoms with E-state index in [2.05, 4.69) is 14.4 Å². The van der Waals surface area contributed by atoms with E-state index in [0.29, 0.717) is 5.69 Å². The summed E-state index contributed by atoms with van der Waals surface area (Å²) >= 11 is 1.01. The highest BCUT2D eigenvalue weighted by molar-refractivity contribution is 7.94. The molecule has 140 valence electrons. The van der Waals surface area contributed by atoms with E-state index in [-0.39, 0.29) is 12.4 Å². The van der Waals surface area contributed by atoms with Crippen LogP contribution in [0.4, 0.5) is 0 Å². The molecule has 0 saturated carbocycles. The van der Waals surface area contributed by atoms with Crippen molar-refractivity contribution < 1.29 is 18.9 Å². The largest absolute Gasteiger partial charge is 0.469 e. The van der Waals surface area contributed by atoms with Gasteiger partial charge in [-0.05, 0) is 37.3 Å². The lowest BCUT2D eigenvalue weighted by molar-refractivity contribution is -0.195. The van der Waals surface area contributed by atoms with E-state index < -0.39 is 0 Å². The number of rotatable bonds is 7. The van der Waals surface area contributed by atoms with Crippen LogP contribution in [0, 0.1) is 6.92 Å². The molecule has 1 heterocycles. The van der Waals surface area contributed by atoms with Crippen molar-refractivity contribution in [2.75, 3.05) is 7.11 Å². The zero-order valence-electron chi connectivity index (χ0n) is 14.9. The Hall–Kier alpha value is -2.65. The molecule has 0 fully saturated rings. The van der Waals surface area contributed by atoms with Crippen LogP contribution in [0.25, 0.3) is 16.9 Å². The molecule has 0 amide bonds. The van der Waals surface area contributed by atoms with E-state index in [1.54, 1.807) is 4.68 Å². The van der Waals surface area contributed by atoms with Gasteiger partial charge in [0.2, 0.25) is 0 Å². The molecular formula is C19H19N3O4S. The molecule has 0 aliphatic carbocycles. The number of aryl methyl sites for hydroxylation is 1. The molecule has 0 radical (unpaired) electrons. The van der Waals surface area contributed by atoms with Crippen LogP contribution < -0.4 is 5.90 Å². The number of aromatic nitrogens is 2. The predicted octanol–water partition coefficient (Wildman–Crippen LogP) is 3.39. The van der Waals surface area contributed by atoms with Crippen molar-refractivity contribution in [1.82, 2.24) is 9.78 Å². The average Bonchev–Trinajstić information content (AvgIpc) is 3.11. The minimum atomic E-state index is -0.333. The van der Waals surface area contributed by atoms with Crippen LogP contribution >= 0.6 is 12.0 Å². The summed E-state index contributed by atoms with van der Waals surface area (Å²) in [6.07, 6.45) is 0.109. The first-order valence-corrected chi connectivity index (χ1v) is 8.88. The first kappa shape index (κ1) is 19.1. The fourth-order valence-corrected chi connectivity index (χ4v) is 2.93. The highest BCUT2D eigenvalue weighted by atomic mass is 32.2. The summed E-state index contributed by atoms with van der Waals surface area (Å²) in [5, 5.41) is 4.59. The molecule has 27 heavy (non-hydrogen) atoms. The van der Waals surface area contributed by atoms with Gasteiger partial charge in [0.15, 0.2) is 0 Å². The van der Waals surface area contributed by atoms with Crippen molar-refractivity contribution >= 4 is 18.0 Å². The number of carbonyl (C=O) groups excluding carboxylic acids is 1. The Morgan fingerprint density at radius 3 is 2.48 bits per heavy atom. The Morgan fingerprint density at radius 1 is 1.15 bits per heavy atom. The van der Waals surface area contributed by atoms with Gasteiger partial charge in [-0.2, -0.15) is 11.0 Å². The zero-order chi connectivity index (χ0) is 19.2. The van der Waals surface area contributed by atoms with E-state index in [1.165, 1.54) is 12.7 Å². The Bertz CT molecular complexity index is 908. The lowest BCUT2D eigenvalue weighted by Gasteiger charge is -2.08. The third-order valence-corrected chi connectivity index (χ3v) is 4.52. The lowest BCUT2D eigenvalue weighted by atomic mass is 10.1. The van der Waals surface area contributed by atoms with Gasteiger partial charge in [0, 0.05) is 10.5 Å². The van der Waals surface area contributed by atoms with Gasteiger partial charge in [-0.3, -0.25) is 4.79 Å². The molecule has 0 unspecified atom stereocenters. The van der Waals surface area contributed by atoms with Crippen LogP contribution in [0.5, 0.6) is 0 Å². The van der Waals surface area contributed by atoms with E-state index >= 15 is 0 Å². The molecule has 3 aromatic rings. The Morgan fingerprint density at radius 2 is 1.85 bits per heavy atom. The molecule has 0 saturated heterocycles. The molecule has 0 aliphatic heterocycles.